The van der Waals surface area contributed by atoms with Gasteiger partial charge in [0.15, 0.2) is 11.5 Å². The third-order valence-corrected chi connectivity index (χ3v) is 7.61. The second-order valence-corrected chi connectivity index (χ2v) is 12.0. The molecule has 2 aromatic carbocycles. The zero-order valence-corrected chi connectivity index (χ0v) is 23.9. The summed E-state index contributed by atoms with van der Waals surface area (Å²) in [6, 6.07) is 14.1. The zero-order chi connectivity index (χ0) is 29.2. The van der Waals surface area contributed by atoms with Gasteiger partial charge >= 0.3 is 5.97 Å². The first kappa shape index (κ1) is 28.4. The van der Waals surface area contributed by atoms with E-state index in [0.29, 0.717) is 49.2 Å². The van der Waals surface area contributed by atoms with Gasteiger partial charge in [0.1, 0.15) is 16.7 Å². The normalized spacial score (nSPS) is 17.2. The summed E-state index contributed by atoms with van der Waals surface area (Å²) < 4.78 is 11.4. The van der Waals surface area contributed by atoms with Crippen LogP contribution < -0.4 is 15.5 Å². The number of amides is 2. The number of carbonyl (C=O) groups is 4. The van der Waals surface area contributed by atoms with Crippen molar-refractivity contribution in [2.24, 2.45) is 0 Å². The molecule has 1 aromatic heterocycles. The number of nitrogens with zero attached hydrogens (tertiary/aromatic N) is 1. The number of anilines is 2. The van der Waals surface area contributed by atoms with E-state index in [0.717, 1.165) is 24.6 Å². The topological polar surface area (TPSA) is 118 Å². The van der Waals surface area contributed by atoms with Crippen LogP contribution in [0.1, 0.15) is 86.6 Å². The highest BCUT2D eigenvalue weighted by atomic mass is 16.6. The number of carbonyl (C=O) groups excluding carboxylic acids is 4. The summed E-state index contributed by atoms with van der Waals surface area (Å²) in [6.45, 7) is 6.23. The molecule has 216 valence electrons. The molecule has 1 aliphatic carbocycles. The van der Waals surface area contributed by atoms with E-state index in [1.165, 1.54) is 0 Å². The molecular formula is C32H37N3O6. The van der Waals surface area contributed by atoms with Crippen molar-refractivity contribution in [3.63, 3.8) is 0 Å². The Hall–Kier alpha value is -4.14. The maximum atomic E-state index is 13.8. The highest BCUT2D eigenvalue weighted by Crippen LogP contribution is 2.33. The third-order valence-electron chi connectivity index (χ3n) is 7.61. The molecule has 3 aromatic rings. The van der Waals surface area contributed by atoms with Crippen LogP contribution >= 0.6 is 0 Å². The molecule has 2 aliphatic rings. The van der Waals surface area contributed by atoms with Gasteiger partial charge in [-0.1, -0.05) is 37.5 Å². The number of nitrogens with one attached hydrogen (secondary N) is 2. The number of hydrogen-bond acceptors (Lipinski definition) is 7. The minimum absolute atomic E-state index is 0.114. The van der Waals surface area contributed by atoms with Crippen LogP contribution in [0.3, 0.4) is 0 Å². The molecule has 1 saturated heterocycles. The number of ether oxygens (including phenoxy) is 1. The summed E-state index contributed by atoms with van der Waals surface area (Å²) in [4.78, 5) is 54.4. The molecule has 9 nitrogen and oxygen atoms in total. The van der Waals surface area contributed by atoms with Gasteiger partial charge in [0.05, 0.1) is 17.8 Å². The molecule has 0 bridgehead atoms. The van der Waals surface area contributed by atoms with Crippen molar-refractivity contribution in [3.8, 4) is 0 Å². The number of ketones is 1. The number of fused-ring (bicyclic) bond motifs is 1. The third kappa shape index (κ3) is 6.45. The predicted molar refractivity (Wildman–Crippen MR) is 156 cm³/mol. The van der Waals surface area contributed by atoms with Gasteiger partial charge in [-0.3, -0.25) is 14.4 Å². The highest BCUT2D eigenvalue weighted by Gasteiger charge is 2.42. The van der Waals surface area contributed by atoms with Crippen molar-refractivity contribution in [3.05, 3.63) is 59.9 Å². The zero-order valence-electron chi connectivity index (χ0n) is 23.9. The fraction of sp³-hybridized carbons (Fsp3) is 0.438. The number of hydrogen-bond donors (Lipinski definition) is 2. The van der Waals surface area contributed by atoms with E-state index in [1.54, 1.807) is 51.1 Å². The van der Waals surface area contributed by atoms with E-state index >= 15 is 0 Å². The summed E-state index contributed by atoms with van der Waals surface area (Å²) in [5.41, 5.74) is 0.0275. The van der Waals surface area contributed by atoms with Gasteiger partial charge in [0.2, 0.25) is 5.91 Å². The second-order valence-electron chi connectivity index (χ2n) is 12.0. The molecular weight excluding hydrogens is 522 g/mol. The smallest absolute Gasteiger partial charge is 0.340 e. The van der Waals surface area contributed by atoms with E-state index in [4.69, 9.17) is 9.15 Å². The molecule has 1 aliphatic heterocycles. The number of esters is 1. The maximum absolute atomic E-state index is 13.8. The van der Waals surface area contributed by atoms with Crippen LogP contribution in [0.25, 0.3) is 11.0 Å². The van der Waals surface area contributed by atoms with Crippen molar-refractivity contribution in [2.45, 2.75) is 76.9 Å². The molecule has 0 unspecified atom stereocenters. The van der Waals surface area contributed by atoms with Crippen molar-refractivity contribution in [2.75, 3.05) is 23.3 Å². The van der Waals surface area contributed by atoms with Crippen molar-refractivity contribution in [1.82, 2.24) is 5.32 Å². The van der Waals surface area contributed by atoms with Crippen molar-refractivity contribution in [1.29, 1.82) is 0 Å². The predicted octanol–water partition coefficient (Wildman–Crippen LogP) is 5.63. The van der Waals surface area contributed by atoms with Crippen molar-refractivity contribution < 1.29 is 28.3 Å². The van der Waals surface area contributed by atoms with E-state index in [9.17, 15) is 19.2 Å². The van der Waals surface area contributed by atoms with Gasteiger partial charge < -0.3 is 24.7 Å². The van der Waals surface area contributed by atoms with Gasteiger partial charge in [0, 0.05) is 24.0 Å². The maximum Gasteiger partial charge on any atom is 0.340 e. The fourth-order valence-electron chi connectivity index (χ4n) is 5.62. The number of piperidine rings is 1. The van der Waals surface area contributed by atoms with Crippen LogP contribution in [0.2, 0.25) is 0 Å². The molecule has 0 radical (unpaired) electrons. The Bertz CT molecular complexity index is 1450. The van der Waals surface area contributed by atoms with Gasteiger partial charge in [0.25, 0.3) is 5.91 Å². The van der Waals surface area contributed by atoms with Crippen LogP contribution in [0.5, 0.6) is 0 Å². The number of rotatable bonds is 6. The van der Waals surface area contributed by atoms with Gasteiger partial charge in [-0.25, -0.2) is 4.79 Å². The van der Waals surface area contributed by atoms with Gasteiger partial charge in [-0.15, -0.1) is 0 Å². The first-order chi connectivity index (χ1) is 19.5. The molecule has 2 heterocycles. The Kier molecular flexibility index (Phi) is 7.89. The quantitative estimate of drug-likeness (QED) is 0.376. The highest BCUT2D eigenvalue weighted by molar-refractivity contribution is 6.05. The summed E-state index contributed by atoms with van der Waals surface area (Å²) in [6.07, 6.45) is 4.75. The minimum atomic E-state index is -1.13. The molecule has 0 spiro atoms. The van der Waals surface area contributed by atoms with E-state index in [1.807, 2.05) is 23.1 Å². The first-order valence-electron chi connectivity index (χ1n) is 14.3. The molecule has 5 rings (SSSR count). The monoisotopic (exact) mass is 559 g/mol. The number of benzene rings is 2. The summed E-state index contributed by atoms with van der Waals surface area (Å²) in [7, 11) is 0. The minimum Gasteiger partial charge on any atom is -0.456 e. The molecule has 1 saturated carbocycles. The average Bonchev–Trinajstić information content (AvgIpc) is 3.37. The Balaban J connectivity index is 1.41. The molecule has 2 N–H and O–H groups in total. The Labute approximate surface area is 239 Å². The molecule has 2 fully saturated rings. The largest absolute Gasteiger partial charge is 0.456 e. The van der Waals surface area contributed by atoms with E-state index < -0.39 is 23.0 Å². The Morgan fingerprint density at radius 3 is 2.44 bits per heavy atom. The average molecular weight is 560 g/mol. The number of furan rings is 1. The van der Waals surface area contributed by atoms with Crippen LogP contribution in [-0.2, 0) is 14.3 Å². The SMILES string of the molecule is CC(C)(C)OC(=O)c1cc(NC(=O)C2(NC(=O)c3cc4ccccc4o3)CCCCC2)ccc1N1CCCC(=O)C1. The summed E-state index contributed by atoms with van der Waals surface area (Å²) in [5.74, 6) is -1.07. The standard InChI is InChI=1S/C32H37N3O6/c1-31(2,3)41-29(38)24-19-22(13-14-25(24)35-17-9-11-23(36)20-35)33-30(39)32(15-7-4-8-16-32)34-28(37)27-18-21-10-5-6-12-26(21)40-27/h5-6,10,12-14,18-19H,4,7-9,11,15-17,20H2,1-3H3,(H,33,39)(H,34,37). The van der Waals surface area contributed by atoms with Crippen molar-refractivity contribution >= 4 is 45.9 Å². The van der Waals surface area contributed by atoms with Crippen LogP contribution in [0.4, 0.5) is 11.4 Å². The van der Waals surface area contributed by atoms with Crippen LogP contribution in [0.15, 0.2) is 52.9 Å². The fourth-order valence-corrected chi connectivity index (χ4v) is 5.62. The van der Waals surface area contributed by atoms with Crippen LogP contribution in [0, 0.1) is 0 Å². The lowest BCUT2D eigenvalue weighted by Gasteiger charge is -2.36. The van der Waals surface area contributed by atoms with Crippen LogP contribution in [-0.4, -0.2) is 47.8 Å². The van der Waals surface area contributed by atoms with E-state index in [-0.39, 0.29) is 29.6 Å². The molecule has 0 atom stereocenters. The molecule has 41 heavy (non-hydrogen) atoms. The Morgan fingerprint density at radius 2 is 1.73 bits per heavy atom. The van der Waals surface area contributed by atoms with Gasteiger partial charge in [-0.05, 0) is 70.4 Å². The summed E-state index contributed by atoms with van der Waals surface area (Å²) >= 11 is 0. The van der Waals surface area contributed by atoms with E-state index in [2.05, 4.69) is 10.6 Å². The molecule has 9 heteroatoms. The lowest BCUT2D eigenvalue weighted by molar-refractivity contribution is -0.123. The number of Topliss-reactive ketones (excluding diaryl/α,β-unsaturated/α-hetero) is 1. The van der Waals surface area contributed by atoms with Gasteiger partial charge in [-0.2, -0.15) is 0 Å². The first-order valence-corrected chi connectivity index (χ1v) is 14.3. The summed E-state index contributed by atoms with van der Waals surface area (Å²) in [5, 5.41) is 6.75. The number of para-hydroxylation sites is 1. The lowest BCUT2D eigenvalue weighted by Crippen LogP contribution is -2.57. The Morgan fingerprint density at radius 1 is 0.976 bits per heavy atom. The second kappa shape index (κ2) is 11.4. The molecule has 2 amide bonds. The lowest BCUT2D eigenvalue weighted by atomic mass is 9.80.